The third-order valence-corrected chi connectivity index (χ3v) is 3.63. The minimum atomic E-state index is -0.433. The largest absolute Gasteiger partial charge is 0.481 e. The minimum Gasteiger partial charge on any atom is -0.481 e. The van der Waals surface area contributed by atoms with Gasteiger partial charge >= 0.3 is 5.69 Å². The van der Waals surface area contributed by atoms with E-state index in [2.05, 4.69) is 11.8 Å². The molecule has 21 heavy (non-hydrogen) atoms. The maximum Gasteiger partial charge on any atom is 0.313 e. The number of rotatable bonds is 4. The van der Waals surface area contributed by atoms with E-state index < -0.39 is 4.92 Å². The Hall–Kier alpha value is -2.36. The summed E-state index contributed by atoms with van der Waals surface area (Å²) < 4.78 is 5.55. The van der Waals surface area contributed by atoms with E-state index in [1.54, 1.807) is 25.1 Å². The van der Waals surface area contributed by atoms with Crippen molar-refractivity contribution in [1.82, 2.24) is 0 Å². The molecule has 0 fully saturated rings. The summed E-state index contributed by atoms with van der Waals surface area (Å²) >= 11 is 1.46. The topological polar surface area (TPSA) is 72.6 Å². The Morgan fingerprint density at radius 2 is 2.29 bits per heavy atom. The number of hydrogen-bond donors (Lipinski definition) is 1. The molecule has 6 heteroatoms. The lowest BCUT2D eigenvalue weighted by atomic mass is 10.2. The molecule has 0 bridgehead atoms. The molecule has 1 aromatic heterocycles. The van der Waals surface area contributed by atoms with Gasteiger partial charge in [-0.2, -0.15) is 0 Å². The van der Waals surface area contributed by atoms with Crippen LogP contribution >= 0.6 is 11.3 Å². The maximum atomic E-state index is 11.1. The number of thiophene rings is 1. The second-order valence-electron chi connectivity index (χ2n) is 4.23. The Morgan fingerprint density at radius 3 is 3.00 bits per heavy atom. The molecular formula is C15H13NO4S. The van der Waals surface area contributed by atoms with Crippen LogP contribution in [-0.2, 0) is 6.61 Å². The molecule has 2 aromatic rings. The predicted molar refractivity (Wildman–Crippen MR) is 80.4 cm³/mol. The van der Waals surface area contributed by atoms with Gasteiger partial charge in [0.15, 0.2) is 5.75 Å². The zero-order valence-electron chi connectivity index (χ0n) is 11.3. The van der Waals surface area contributed by atoms with Crippen LogP contribution in [0.3, 0.4) is 0 Å². The quantitative estimate of drug-likeness (QED) is 0.535. The molecule has 0 atom stereocenters. The number of para-hydroxylation sites is 1. The SMILES string of the molecule is Cc1cccc(OCc2cc(C#CCO)cs2)c1[N+](=O)[O-]. The molecule has 0 aliphatic carbocycles. The molecule has 0 saturated carbocycles. The highest BCUT2D eigenvalue weighted by Gasteiger charge is 2.18. The van der Waals surface area contributed by atoms with Gasteiger partial charge in [-0.25, -0.2) is 0 Å². The summed E-state index contributed by atoms with van der Waals surface area (Å²) in [5, 5.41) is 21.6. The van der Waals surface area contributed by atoms with Gasteiger partial charge in [0.05, 0.1) is 4.92 Å². The molecular weight excluding hydrogens is 290 g/mol. The van der Waals surface area contributed by atoms with Crippen LogP contribution in [0.5, 0.6) is 5.75 Å². The summed E-state index contributed by atoms with van der Waals surface area (Å²) in [4.78, 5) is 11.5. The summed E-state index contributed by atoms with van der Waals surface area (Å²) in [6, 6.07) is 6.84. The van der Waals surface area contributed by atoms with Crippen molar-refractivity contribution >= 4 is 17.0 Å². The Balaban J connectivity index is 2.12. The summed E-state index contributed by atoms with van der Waals surface area (Å²) in [5.41, 5.74) is 1.36. The van der Waals surface area contributed by atoms with Crippen molar-refractivity contribution in [3.63, 3.8) is 0 Å². The monoisotopic (exact) mass is 303 g/mol. The smallest absolute Gasteiger partial charge is 0.313 e. The molecule has 0 unspecified atom stereocenters. The second-order valence-corrected chi connectivity index (χ2v) is 5.22. The molecule has 108 valence electrons. The van der Waals surface area contributed by atoms with Crippen molar-refractivity contribution in [2.24, 2.45) is 0 Å². The minimum absolute atomic E-state index is 0.00523. The summed E-state index contributed by atoms with van der Waals surface area (Å²) in [6.45, 7) is 1.74. The van der Waals surface area contributed by atoms with Gasteiger partial charge in [-0.1, -0.05) is 24.0 Å². The average Bonchev–Trinajstić information content (AvgIpc) is 2.90. The Kier molecular flexibility index (Phi) is 4.93. The third kappa shape index (κ3) is 3.81. The standard InChI is InChI=1S/C15H13NO4S/c1-11-4-2-6-14(15(11)16(18)19)20-9-13-8-12(10-21-13)5-3-7-17/h2,4,6,8,10,17H,7,9H2,1H3. The van der Waals surface area contributed by atoms with Gasteiger partial charge in [0.1, 0.15) is 13.2 Å². The van der Waals surface area contributed by atoms with Crippen molar-refractivity contribution in [2.45, 2.75) is 13.5 Å². The van der Waals surface area contributed by atoms with Crippen LogP contribution in [0.1, 0.15) is 16.0 Å². The number of nitro groups is 1. The van der Waals surface area contributed by atoms with E-state index >= 15 is 0 Å². The molecule has 2 rings (SSSR count). The Labute approximate surface area is 126 Å². The van der Waals surface area contributed by atoms with Gasteiger partial charge in [0.2, 0.25) is 0 Å². The van der Waals surface area contributed by atoms with Crippen LogP contribution in [-0.4, -0.2) is 16.6 Å². The molecule has 1 N–H and O–H groups in total. The Bertz CT molecular complexity index is 712. The van der Waals surface area contributed by atoms with Crippen LogP contribution in [0.15, 0.2) is 29.6 Å². The number of aliphatic hydroxyl groups is 1. The molecule has 1 aromatic carbocycles. The highest BCUT2D eigenvalue weighted by molar-refractivity contribution is 7.10. The van der Waals surface area contributed by atoms with Crippen LogP contribution in [0.4, 0.5) is 5.69 Å². The number of nitro benzene ring substituents is 1. The number of ether oxygens (including phenoxy) is 1. The van der Waals surface area contributed by atoms with Crippen LogP contribution in [0.25, 0.3) is 0 Å². The molecule has 0 spiro atoms. The first-order chi connectivity index (χ1) is 10.1. The molecule has 5 nitrogen and oxygen atoms in total. The van der Waals surface area contributed by atoms with Crippen molar-refractivity contribution < 1.29 is 14.8 Å². The third-order valence-electron chi connectivity index (χ3n) is 2.72. The highest BCUT2D eigenvalue weighted by atomic mass is 32.1. The van der Waals surface area contributed by atoms with E-state index in [1.165, 1.54) is 11.3 Å². The first kappa shape index (κ1) is 15.0. The molecule has 0 radical (unpaired) electrons. The van der Waals surface area contributed by atoms with Crippen LogP contribution in [0, 0.1) is 28.9 Å². The Morgan fingerprint density at radius 1 is 1.48 bits per heavy atom. The van der Waals surface area contributed by atoms with Crippen molar-refractivity contribution in [2.75, 3.05) is 6.61 Å². The summed E-state index contributed by atoms with van der Waals surface area (Å²) in [7, 11) is 0. The zero-order valence-corrected chi connectivity index (χ0v) is 12.1. The van der Waals surface area contributed by atoms with E-state index in [-0.39, 0.29) is 24.7 Å². The molecule has 0 aliphatic rings. The lowest BCUT2D eigenvalue weighted by molar-refractivity contribution is -0.386. The highest BCUT2D eigenvalue weighted by Crippen LogP contribution is 2.31. The maximum absolute atomic E-state index is 11.1. The number of benzene rings is 1. The van der Waals surface area contributed by atoms with E-state index in [4.69, 9.17) is 9.84 Å². The number of aryl methyl sites for hydroxylation is 1. The number of hydrogen-bond acceptors (Lipinski definition) is 5. The normalized spacial score (nSPS) is 9.81. The van der Waals surface area contributed by atoms with E-state index in [0.29, 0.717) is 5.56 Å². The van der Waals surface area contributed by atoms with Crippen molar-refractivity contribution in [3.05, 3.63) is 55.8 Å². The van der Waals surface area contributed by atoms with Gasteiger partial charge in [-0.05, 0) is 19.1 Å². The van der Waals surface area contributed by atoms with E-state index in [0.717, 1.165) is 10.4 Å². The lowest BCUT2D eigenvalue weighted by Gasteiger charge is -2.06. The number of nitrogens with zero attached hydrogens (tertiary/aromatic N) is 1. The second kappa shape index (κ2) is 6.88. The molecule has 0 saturated heterocycles. The first-order valence-electron chi connectivity index (χ1n) is 6.15. The first-order valence-corrected chi connectivity index (χ1v) is 7.03. The van der Waals surface area contributed by atoms with Gasteiger partial charge in [0.25, 0.3) is 0 Å². The van der Waals surface area contributed by atoms with Gasteiger partial charge in [-0.15, -0.1) is 11.3 Å². The van der Waals surface area contributed by atoms with Gasteiger partial charge in [-0.3, -0.25) is 10.1 Å². The molecule has 0 aliphatic heterocycles. The van der Waals surface area contributed by atoms with Crippen LogP contribution in [0.2, 0.25) is 0 Å². The predicted octanol–water partition coefficient (Wildman–Crippen LogP) is 2.89. The van der Waals surface area contributed by atoms with E-state index in [1.807, 2.05) is 11.4 Å². The molecule has 0 amide bonds. The van der Waals surface area contributed by atoms with E-state index in [9.17, 15) is 10.1 Å². The summed E-state index contributed by atoms with van der Waals surface area (Å²) in [5.74, 6) is 5.62. The summed E-state index contributed by atoms with van der Waals surface area (Å²) in [6.07, 6.45) is 0. The fourth-order valence-corrected chi connectivity index (χ4v) is 2.52. The van der Waals surface area contributed by atoms with Gasteiger partial charge < -0.3 is 9.84 Å². The lowest BCUT2D eigenvalue weighted by Crippen LogP contribution is -1.99. The van der Waals surface area contributed by atoms with Crippen LogP contribution < -0.4 is 4.74 Å². The fourth-order valence-electron chi connectivity index (χ4n) is 1.79. The zero-order chi connectivity index (χ0) is 15.2. The van der Waals surface area contributed by atoms with Crippen molar-refractivity contribution in [1.29, 1.82) is 0 Å². The molecule has 1 heterocycles. The fraction of sp³-hybridized carbons (Fsp3) is 0.200. The average molecular weight is 303 g/mol. The number of aliphatic hydroxyl groups excluding tert-OH is 1. The van der Waals surface area contributed by atoms with Crippen molar-refractivity contribution in [3.8, 4) is 17.6 Å². The van der Waals surface area contributed by atoms with Gasteiger partial charge in [0, 0.05) is 21.4 Å².